The van der Waals surface area contributed by atoms with Crippen LogP contribution in [0.2, 0.25) is 0 Å². The zero-order valence-corrected chi connectivity index (χ0v) is 37.4. The number of nitrogens with one attached hydrogen (secondary N) is 3. The largest absolute Gasteiger partial charge is 0.508 e. The molecule has 0 bridgehead atoms. The van der Waals surface area contributed by atoms with Gasteiger partial charge in [-0.1, -0.05) is 45.4 Å². The number of aromatic hydroxyl groups is 1. The molecule has 6 unspecified atom stereocenters. The number of phenolic OH excluding ortho intramolecular Hbond substituents is 1. The van der Waals surface area contributed by atoms with Crippen LogP contribution in [0, 0.1) is 17.8 Å². The average molecular weight is 936 g/mol. The Labute approximate surface area is 381 Å². The Hall–Kier alpha value is -4.29. The standard InChI is InChI=1S/C45H65N3O18/c1-4-24-15-26(42(58)47-13-12-46-33(52)17-25-18-34(53)62-29-19-27(51)10-11-28(25)29)16-30(40(24)66-45-39(57)38(56)36(54)21(2)61-45)64-44-35(48-22(3)50)41(37(55)32(20-49)65-44)63-31(43(59)60)14-23-8-6-5-7-9-23/h10-11,18-19,21,23-24,26,30-32,35-41,44-45,49,51,54-57H,4-9,12-17,20H2,1-3H3,(H,46,52)(H,47,58)(H,48,50)(H,59,60)/t21-,24?,26?,30+,31-,32-,35?,36?,37-,38-,39-,40+,41?,44+,45?/m0/s1. The van der Waals surface area contributed by atoms with Crippen molar-refractivity contribution in [1.29, 1.82) is 0 Å². The summed E-state index contributed by atoms with van der Waals surface area (Å²) < 4.78 is 36.2. The van der Waals surface area contributed by atoms with Gasteiger partial charge in [0.15, 0.2) is 18.7 Å². The van der Waals surface area contributed by atoms with Crippen molar-refractivity contribution in [2.24, 2.45) is 17.8 Å². The highest BCUT2D eigenvalue weighted by molar-refractivity contribution is 5.87. The minimum absolute atomic E-state index is 0.00606. The van der Waals surface area contributed by atoms with E-state index in [4.69, 9.17) is 28.1 Å². The highest BCUT2D eigenvalue weighted by Gasteiger charge is 2.53. The van der Waals surface area contributed by atoms with Crippen molar-refractivity contribution in [2.45, 2.75) is 165 Å². The van der Waals surface area contributed by atoms with E-state index in [1.54, 1.807) is 0 Å². The van der Waals surface area contributed by atoms with Crippen molar-refractivity contribution in [3.63, 3.8) is 0 Å². The van der Waals surface area contributed by atoms with Gasteiger partial charge >= 0.3 is 11.6 Å². The van der Waals surface area contributed by atoms with Crippen LogP contribution in [-0.2, 0) is 49.3 Å². The summed E-state index contributed by atoms with van der Waals surface area (Å²) in [6.07, 6.45) is -11.6. The van der Waals surface area contributed by atoms with Gasteiger partial charge in [-0.15, -0.1) is 0 Å². The molecule has 15 atom stereocenters. The van der Waals surface area contributed by atoms with Gasteiger partial charge in [0, 0.05) is 43.5 Å². The van der Waals surface area contributed by atoms with Gasteiger partial charge in [0.1, 0.15) is 54.0 Å². The fourth-order valence-electron chi connectivity index (χ4n) is 9.71. The number of carboxylic acid groups (broad SMARTS) is 1. The number of carboxylic acids is 1. The van der Waals surface area contributed by atoms with Crippen LogP contribution in [0.1, 0.15) is 84.1 Å². The van der Waals surface area contributed by atoms with Crippen molar-refractivity contribution in [3.8, 4) is 5.75 Å². The maximum Gasteiger partial charge on any atom is 0.336 e. The summed E-state index contributed by atoms with van der Waals surface area (Å²) in [7, 11) is 0. The fourth-order valence-corrected chi connectivity index (χ4v) is 9.71. The molecule has 21 heteroatoms. The number of aliphatic carboxylic acids is 1. The molecule has 66 heavy (non-hydrogen) atoms. The predicted octanol–water partition coefficient (Wildman–Crippen LogP) is -0.301. The number of ether oxygens (including phenoxy) is 5. The third kappa shape index (κ3) is 12.6. The summed E-state index contributed by atoms with van der Waals surface area (Å²) in [5.74, 6) is -4.04. The highest BCUT2D eigenvalue weighted by Crippen LogP contribution is 2.40. The number of aliphatic hydroxyl groups excluding tert-OH is 5. The summed E-state index contributed by atoms with van der Waals surface area (Å²) in [5, 5.41) is 82.7. The van der Waals surface area contributed by atoms with Crippen molar-refractivity contribution in [3.05, 3.63) is 40.2 Å². The summed E-state index contributed by atoms with van der Waals surface area (Å²) >= 11 is 0. The zero-order valence-electron chi connectivity index (χ0n) is 37.4. The Morgan fingerprint density at radius 1 is 0.879 bits per heavy atom. The predicted molar refractivity (Wildman–Crippen MR) is 229 cm³/mol. The van der Waals surface area contributed by atoms with E-state index >= 15 is 0 Å². The maximum atomic E-state index is 13.9. The summed E-state index contributed by atoms with van der Waals surface area (Å²) in [6, 6.07) is 4.05. The van der Waals surface area contributed by atoms with E-state index in [1.807, 2.05) is 6.92 Å². The monoisotopic (exact) mass is 935 g/mol. The van der Waals surface area contributed by atoms with Crippen LogP contribution < -0.4 is 21.6 Å². The highest BCUT2D eigenvalue weighted by atomic mass is 16.7. The van der Waals surface area contributed by atoms with Gasteiger partial charge < -0.3 is 79.8 Å². The van der Waals surface area contributed by atoms with E-state index in [-0.39, 0.29) is 56.0 Å². The number of amides is 3. The van der Waals surface area contributed by atoms with Crippen molar-refractivity contribution in [1.82, 2.24) is 16.0 Å². The molecule has 2 aliphatic carbocycles. The first-order valence-corrected chi connectivity index (χ1v) is 22.9. The van der Waals surface area contributed by atoms with Crippen molar-refractivity contribution >= 4 is 34.7 Å². The Balaban J connectivity index is 1.20. The third-order valence-corrected chi connectivity index (χ3v) is 13.2. The lowest BCUT2D eigenvalue weighted by Gasteiger charge is -2.49. The molecular weight excluding hydrogens is 870 g/mol. The van der Waals surface area contributed by atoms with E-state index in [2.05, 4.69) is 16.0 Å². The van der Waals surface area contributed by atoms with Crippen LogP contribution in [0.25, 0.3) is 11.0 Å². The molecule has 1 aromatic heterocycles. The number of benzene rings is 1. The second-order valence-electron chi connectivity index (χ2n) is 18.0. The van der Waals surface area contributed by atoms with Gasteiger partial charge in [-0.2, -0.15) is 0 Å². The fraction of sp³-hybridized carbons (Fsp3) is 0.711. The second-order valence-corrected chi connectivity index (χ2v) is 18.0. The molecule has 2 saturated carbocycles. The SMILES string of the molecule is CCC1CC(C(=O)NCCNC(=O)Cc2cc(=O)oc3cc(O)ccc23)C[C@@H](O[C@@H]2O[C@@H](CO)[C@H](O)C(O[C@@H](CC3CCCCC3)C(=O)O)C2NC(C)=O)[C@@H]1OC1O[C@@H](C)C(O)[C@H](O)[C@@H]1O. The van der Waals surface area contributed by atoms with Crippen molar-refractivity contribution < 1.29 is 83.0 Å². The molecular formula is C45H65N3O18. The Kier molecular flexibility index (Phi) is 17.9. The molecule has 2 aliphatic heterocycles. The number of carbonyl (C=O) groups excluding carboxylic acids is 3. The van der Waals surface area contributed by atoms with E-state index in [0.717, 1.165) is 32.1 Å². The molecule has 0 spiro atoms. The summed E-state index contributed by atoms with van der Waals surface area (Å²) in [4.78, 5) is 64.4. The van der Waals surface area contributed by atoms with Crippen LogP contribution >= 0.6 is 0 Å². The number of hydrogen-bond donors (Lipinski definition) is 10. The second kappa shape index (κ2) is 23.1. The zero-order chi connectivity index (χ0) is 47.8. The first kappa shape index (κ1) is 51.1. The van der Waals surface area contributed by atoms with Crippen LogP contribution in [-0.4, -0.2) is 159 Å². The summed E-state index contributed by atoms with van der Waals surface area (Å²) in [6.45, 7) is 3.81. The minimum atomic E-state index is -1.70. The molecule has 4 fully saturated rings. The first-order chi connectivity index (χ1) is 31.5. The molecule has 10 N–H and O–H groups in total. The molecule has 0 radical (unpaired) electrons. The van der Waals surface area contributed by atoms with Gasteiger partial charge in [0.2, 0.25) is 17.7 Å². The third-order valence-electron chi connectivity index (χ3n) is 13.2. The molecule has 4 aliphatic rings. The number of aliphatic hydroxyl groups is 5. The van der Waals surface area contributed by atoms with Crippen LogP contribution in [0.5, 0.6) is 5.75 Å². The first-order valence-electron chi connectivity index (χ1n) is 22.9. The maximum absolute atomic E-state index is 13.9. The Bertz CT molecular complexity index is 2030. The van der Waals surface area contributed by atoms with Crippen molar-refractivity contribution in [2.75, 3.05) is 19.7 Å². The quantitative estimate of drug-likeness (QED) is 0.0678. The van der Waals surface area contributed by atoms with E-state index in [1.165, 1.54) is 38.1 Å². The molecule has 2 aromatic rings. The molecule has 3 heterocycles. The van der Waals surface area contributed by atoms with Gasteiger partial charge in [-0.05, 0) is 55.7 Å². The molecule has 2 saturated heterocycles. The lowest BCUT2D eigenvalue weighted by Crippen LogP contribution is -2.67. The van der Waals surface area contributed by atoms with E-state index < -0.39 is 127 Å². The Morgan fingerprint density at radius 2 is 1.61 bits per heavy atom. The smallest absolute Gasteiger partial charge is 0.336 e. The van der Waals surface area contributed by atoms with Gasteiger partial charge in [-0.25, -0.2) is 9.59 Å². The summed E-state index contributed by atoms with van der Waals surface area (Å²) in [5.41, 5.74) is -0.193. The van der Waals surface area contributed by atoms with Crippen LogP contribution in [0.4, 0.5) is 0 Å². The number of carbonyl (C=O) groups is 4. The molecule has 1 aromatic carbocycles. The number of phenols is 1. The average Bonchev–Trinajstić information content (AvgIpc) is 3.27. The number of fused-ring (bicyclic) bond motifs is 1. The molecule has 368 valence electrons. The van der Waals surface area contributed by atoms with Crippen LogP contribution in [0.3, 0.4) is 0 Å². The van der Waals surface area contributed by atoms with Gasteiger partial charge in [0.25, 0.3) is 0 Å². The number of hydrogen-bond acceptors (Lipinski definition) is 17. The van der Waals surface area contributed by atoms with Gasteiger partial charge in [0.05, 0.1) is 31.3 Å². The van der Waals surface area contributed by atoms with Crippen LogP contribution in [0.15, 0.2) is 33.5 Å². The van der Waals surface area contributed by atoms with Gasteiger partial charge in [-0.3, -0.25) is 14.4 Å². The Morgan fingerprint density at radius 3 is 2.29 bits per heavy atom. The lowest BCUT2D eigenvalue weighted by atomic mass is 9.75. The normalized spacial score (nSPS) is 33.5. The molecule has 6 rings (SSSR count). The minimum Gasteiger partial charge on any atom is -0.508 e. The lowest BCUT2D eigenvalue weighted by molar-refractivity contribution is -0.338. The topological polar surface area (TPSA) is 322 Å². The molecule has 21 nitrogen and oxygen atoms in total. The van der Waals surface area contributed by atoms with E-state index in [9.17, 15) is 59.7 Å². The van der Waals surface area contributed by atoms with E-state index in [0.29, 0.717) is 17.4 Å². The number of rotatable bonds is 18. The molecule has 3 amide bonds.